The van der Waals surface area contributed by atoms with Gasteiger partial charge in [-0.05, 0) is 18.2 Å². The molecule has 0 saturated heterocycles. The highest BCUT2D eigenvalue weighted by Gasteiger charge is 2.07. The van der Waals surface area contributed by atoms with Crippen LogP contribution in [0.4, 0.5) is 4.39 Å². The summed E-state index contributed by atoms with van der Waals surface area (Å²) in [7, 11) is 1.51. The van der Waals surface area contributed by atoms with Crippen molar-refractivity contribution >= 4 is 16.8 Å². The SMILES string of the molecule is COCCC(=O)NCCn1nnc2ccc(F)cc2c1=O. The molecule has 0 bridgehead atoms. The number of hydrogen-bond donors (Lipinski definition) is 1. The lowest BCUT2D eigenvalue weighted by atomic mass is 10.2. The van der Waals surface area contributed by atoms with Crippen LogP contribution in [0.15, 0.2) is 23.0 Å². The van der Waals surface area contributed by atoms with Gasteiger partial charge in [0.25, 0.3) is 5.56 Å². The summed E-state index contributed by atoms with van der Waals surface area (Å²) in [4.78, 5) is 23.5. The van der Waals surface area contributed by atoms with Crippen molar-refractivity contribution in [3.8, 4) is 0 Å². The van der Waals surface area contributed by atoms with Crippen LogP contribution in [0.2, 0.25) is 0 Å². The summed E-state index contributed by atoms with van der Waals surface area (Å²) in [6.07, 6.45) is 0.250. The quantitative estimate of drug-likeness (QED) is 0.815. The van der Waals surface area contributed by atoms with Gasteiger partial charge < -0.3 is 10.1 Å². The number of hydrogen-bond acceptors (Lipinski definition) is 5. The van der Waals surface area contributed by atoms with Crippen molar-refractivity contribution in [1.82, 2.24) is 20.3 Å². The first-order valence-corrected chi connectivity index (χ1v) is 6.40. The fourth-order valence-electron chi connectivity index (χ4n) is 1.78. The average molecular weight is 294 g/mol. The van der Waals surface area contributed by atoms with Crippen LogP contribution in [0.3, 0.4) is 0 Å². The van der Waals surface area contributed by atoms with Crippen molar-refractivity contribution in [2.75, 3.05) is 20.3 Å². The van der Waals surface area contributed by atoms with E-state index < -0.39 is 11.4 Å². The van der Waals surface area contributed by atoms with Gasteiger partial charge in [-0.1, -0.05) is 5.21 Å². The molecule has 112 valence electrons. The molecule has 1 N–H and O–H groups in total. The van der Waals surface area contributed by atoms with Crippen LogP contribution in [0, 0.1) is 5.82 Å². The van der Waals surface area contributed by atoms with E-state index in [1.54, 1.807) is 0 Å². The number of amides is 1. The van der Waals surface area contributed by atoms with Gasteiger partial charge in [-0.3, -0.25) is 9.59 Å². The third kappa shape index (κ3) is 3.82. The minimum absolute atomic E-state index is 0.163. The molecular formula is C13H15FN4O3. The number of ether oxygens (including phenoxy) is 1. The molecule has 8 heteroatoms. The molecule has 2 rings (SSSR count). The van der Waals surface area contributed by atoms with Gasteiger partial charge in [-0.2, -0.15) is 0 Å². The van der Waals surface area contributed by atoms with E-state index >= 15 is 0 Å². The van der Waals surface area contributed by atoms with Crippen molar-refractivity contribution in [2.24, 2.45) is 0 Å². The van der Waals surface area contributed by atoms with Gasteiger partial charge in [-0.25, -0.2) is 9.07 Å². The molecule has 0 saturated carbocycles. The molecule has 1 heterocycles. The maximum atomic E-state index is 13.2. The fraction of sp³-hybridized carbons (Fsp3) is 0.385. The van der Waals surface area contributed by atoms with Gasteiger partial charge in [-0.15, -0.1) is 5.10 Å². The Balaban J connectivity index is 2.04. The second kappa shape index (κ2) is 6.89. The molecular weight excluding hydrogens is 279 g/mol. The summed E-state index contributed by atoms with van der Waals surface area (Å²) in [6.45, 7) is 0.732. The summed E-state index contributed by atoms with van der Waals surface area (Å²) in [5, 5.41) is 10.4. The Hall–Kier alpha value is -2.35. The predicted octanol–water partition coefficient (Wildman–Crippen LogP) is 0.0833. The van der Waals surface area contributed by atoms with E-state index in [9.17, 15) is 14.0 Å². The Kier molecular flexibility index (Phi) is 4.94. The molecule has 0 aliphatic heterocycles. The third-order valence-corrected chi connectivity index (χ3v) is 2.86. The number of nitrogens with one attached hydrogen (secondary N) is 1. The zero-order valence-corrected chi connectivity index (χ0v) is 11.5. The third-order valence-electron chi connectivity index (χ3n) is 2.86. The van der Waals surface area contributed by atoms with Crippen molar-refractivity contribution < 1.29 is 13.9 Å². The molecule has 1 aromatic heterocycles. The zero-order chi connectivity index (χ0) is 15.2. The number of fused-ring (bicyclic) bond motifs is 1. The Morgan fingerprint density at radius 3 is 3.05 bits per heavy atom. The predicted molar refractivity (Wildman–Crippen MR) is 73.3 cm³/mol. The monoisotopic (exact) mass is 294 g/mol. The van der Waals surface area contributed by atoms with Crippen LogP contribution in [-0.2, 0) is 16.1 Å². The van der Waals surface area contributed by atoms with E-state index in [-0.39, 0.29) is 30.8 Å². The summed E-state index contributed by atoms with van der Waals surface area (Å²) in [5.41, 5.74) is -0.104. The van der Waals surface area contributed by atoms with E-state index in [4.69, 9.17) is 4.74 Å². The van der Waals surface area contributed by atoms with E-state index in [1.807, 2.05) is 0 Å². The molecule has 1 aromatic carbocycles. The highest BCUT2D eigenvalue weighted by Crippen LogP contribution is 2.07. The van der Waals surface area contributed by atoms with Crippen LogP contribution < -0.4 is 10.9 Å². The Labute approximate surface area is 119 Å². The van der Waals surface area contributed by atoms with Crippen LogP contribution in [0.5, 0.6) is 0 Å². The van der Waals surface area contributed by atoms with E-state index in [1.165, 1.54) is 19.2 Å². The number of rotatable bonds is 6. The number of methoxy groups -OCH3 is 1. The van der Waals surface area contributed by atoms with Gasteiger partial charge in [0, 0.05) is 20.1 Å². The zero-order valence-electron chi connectivity index (χ0n) is 11.5. The fourth-order valence-corrected chi connectivity index (χ4v) is 1.78. The number of aromatic nitrogens is 3. The minimum atomic E-state index is -0.507. The van der Waals surface area contributed by atoms with Gasteiger partial charge in [0.1, 0.15) is 11.3 Å². The number of carbonyl (C=O) groups is 1. The Bertz CT molecular complexity index is 701. The second-order valence-electron chi connectivity index (χ2n) is 4.37. The highest BCUT2D eigenvalue weighted by atomic mass is 19.1. The number of halogens is 1. The van der Waals surface area contributed by atoms with Gasteiger partial charge in [0.05, 0.1) is 18.5 Å². The molecule has 2 aromatic rings. The number of carbonyl (C=O) groups excluding carboxylic acids is 1. The molecule has 0 spiro atoms. The van der Waals surface area contributed by atoms with Gasteiger partial charge in [0.15, 0.2) is 0 Å². The lowest BCUT2D eigenvalue weighted by molar-refractivity contribution is -0.121. The van der Waals surface area contributed by atoms with E-state index in [0.29, 0.717) is 12.1 Å². The highest BCUT2D eigenvalue weighted by molar-refractivity contribution is 5.77. The first-order valence-electron chi connectivity index (χ1n) is 6.40. The van der Waals surface area contributed by atoms with Crippen LogP contribution in [0.25, 0.3) is 10.9 Å². The molecule has 21 heavy (non-hydrogen) atoms. The molecule has 0 atom stereocenters. The molecule has 0 radical (unpaired) electrons. The average Bonchev–Trinajstić information content (AvgIpc) is 2.48. The van der Waals surface area contributed by atoms with Crippen LogP contribution >= 0.6 is 0 Å². The van der Waals surface area contributed by atoms with Crippen molar-refractivity contribution in [3.63, 3.8) is 0 Å². The Morgan fingerprint density at radius 1 is 1.48 bits per heavy atom. The van der Waals surface area contributed by atoms with Crippen molar-refractivity contribution in [3.05, 3.63) is 34.4 Å². The van der Waals surface area contributed by atoms with E-state index in [0.717, 1.165) is 10.7 Å². The van der Waals surface area contributed by atoms with Crippen molar-refractivity contribution in [2.45, 2.75) is 13.0 Å². The summed E-state index contributed by atoms with van der Waals surface area (Å²) in [6, 6.07) is 3.74. The Morgan fingerprint density at radius 2 is 2.29 bits per heavy atom. The van der Waals surface area contributed by atoms with Gasteiger partial charge >= 0.3 is 0 Å². The molecule has 0 aliphatic rings. The molecule has 0 unspecified atom stereocenters. The van der Waals surface area contributed by atoms with Crippen LogP contribution in [0.1, 0.15) is 6.42 Å². The maximum Gasteiger partial charge on any atom is 0.277 e. The first-order chi connectivity index (χ1) is 10.1. The van der Waals surface area contributed by atoms with Gasteiger partial charge in [0.2, 0.25) is 5.91 Å². The topological polar surface area (TPSA) is 86.1 Å². The number of nitrogens with zero attached hydrogens (tertiary/aromatic N) is 3. The van der Waals surface area contributed by atoms with E-state index in [2.05, 4.69) is 15.6 Å². The smallest absolute Gasteiger partial charge is 0.277 e. The maximum absolute atomic E-state index is 13.2. The van der Waals surface area contributed by atoms with Crippen LogP contribution in [-0.4, -0.2) is 41.2 Å². The summed E-state index contributed by atoms with van der Waals surface area (Å²) < 4.78 is 19.0. The second-order valence-corrected chi connectivity index (χ2v) is 4.37. The first kappa shape index (κ1) is 15.0. The summed E-state index contributed by atoms with van der Waals surface area (Å²) >= 11 is 0. The standard InChI is InChI=1S/C13H15FN4O3/c1-21-7-4-12(19)15-5-6-18-13(20)10-8-9(14)2-3-11(10)16-17-18/h2-3,8H,4-7H2,1H3,(H,15,19). The lowest BCUT2D eigenvalue weighted by Gasteiger charge is -2.06. The lowest BCUT2D eigenvalue weighted by Crippen LogP contribution is -2.33. The normalized spacial score (nSPS) is 10.8. The number of benzene rings is 1. The molecule has 7 nitrogen and oxygen atoms in total. The summed E-state index contributed by atoms with van der Waals surface area (Å²) in [5.74, 6) is -0.684. The van der Waals surface area contributed by atoms with Crippen molar-refractivity contribution in [1.29, 1.82) is 0 Å². The molecule has 0 fully saturated rings. The minimum Gasteiger partial charge on any atom is -0.384 e. The molecule has 1 amide bonds. The largest absolute Gasteiger partial charge is 0.384 e. The molecule has 0 aliphatic carbocycles.